The van der Waals surface area contributed by atoms with Crippen molar-refractivity contribution < 1.29 is 4.79 Å². The van der Waals surface area contributed by atoms with Crippen molar-refractivity contribution >= 4 is 16.8 Å². The molecule has 5 heteroatoms. The van der Waals surface area contributed by atoms with E-state index in [0.717, 1.165) is 59.6 Å². The van der Waals surface area contributed by atoms with Gasteiger partial charge in [-0.15, -0.1) is 0 Å². The number of H-pyrrole nitrogens is 1. The zero-order valence-electron chi connectivity index (χ0n) is 16.0. The lowest BCUT2D eigenvalue weighted by Crippen LogP contribution is -2.39. The zero-order chi connectivity index (χ0) is 18.4. The van der Waals surface area contributed by atoms with Crippen molar-refractivity contribution in [3.63, 3.8) is 0 Å². The summed E-state index contributed by atoms with van der Waals surface area (Å²) in [5.41, 5.74) is 5.28. The van der Waals surface area contributed by atoms with Crippen molar-refractivity contribution in [1.29, 1.82) is 0 Å². The summed E-state index contributed by atoms with van der Waals surface area (Å²) in [5, 5.41) is 1.14. The molecule has 1 atom stereocenters. The van der Waals surface area contributed by atoms with Crippen LogP contribution in [-0.4, -0.2) is 38.4 Å². The van der Waals surface area contributed by atoms with Gasteiger partial charge in [-0.05, 0) is 57.4 Å². The predicted octanol–water partition coefficient (Wildman–Crippen LogP) is 3.85. The summed E-state index contributed by atoms with van der Waals surface area (Å²) in [4.78, 5) is 23.2. The van der Waals surface area contributed by atoms with Gasteiger partial charge in [-0.2, -0.15) is 0 Å². The summed E-state index contributed by atoms with van der Waals surface area (Å²) in [6, 6.07) is 5.99. The number of benzene rings is 1. The van der Waals surface area contributed by atoms with Crippen LogP contribution >= 0.6 is 0 Å². The average Bonchev–Trinajstić information content (AvgIpc) is 3.12. The molecule has 0 radical (unpaired) electrons. The Hall–Kier alpha value is -2.56. The molecule has 3 heterocycles. The molecule has 4 rings (SSSR count). The summed E-state index contributed by atoms with van der Waals surface area (Å²) in [7, 11) is 2.04. The fraction of sp³-hybridized carbons (Fsp3) is 0.429. The molecular formula is C21H26N4O. The van der Waals surface area contributed by atoms with Crippen LogP contribution in [0.3, 0.4) is 0 Å². The first-order valence-electron chi connectivity index (χ1n) is 9.32. The maximum atomic E-state index is 13.1. The predicted molar refractivity (Wildman–Crippen MR) is 104 cm³/mol. The van der Waals surface area contributed by atoms with Crippen LogP contribution in [-0.2, 0) is 7.05 Å². The van der Waals surface area contributed by atoms with Crippen LogP contribution in [0.5, 0.6) is 0 Å². The quantitative estimate of drug-likeness (QED) is 0.763. The van der Waals surface area contributed by atoms with E-state index in [1.165, 1.54) is 5.56 Å². The van der Waals surface area contributed by atoms with Gasteiger partial charge in [0.05, 0.1) is 5.69 Å². The standard InChI is InChI=1S/C21H26N4O/c1-13-11-24(4)20(22-13)17-6-5-9-25(12-17)21(26)16-7-8-19-18(10-16)14(2)15(3)23-19/h7-8,10-11,17,23H,5-6,9,12H2,1-4H3. The molecule has 1 N–H and O–H groups in total. The van der Waals surface area contributed by atoms with E-state index in [1.807, 2.05) is 37.1 Å². The number of nitrogens with zero attached hydrogens (tertiary/aromatic N) is 3. The van der Waals surface area contributed by atoms with Crippen LogP contribution < -0.4 is 0 Å². The molecule has 26 heavy (non-hydrogen) atoms. The number of rotatable bonds is 2. The Morgan fingerprint density at radius 2 is 2.08 bits per heavy atom. The molecule has 0 bridgehead atoms. The third-order valence-electron chi connectivity index (χ3n) is 5.66. The van der Waals surface area contributed by atoms with Crippen molar-refractivity contribution in [2.75, 3.05) is 13.1 Å². The number of carbonyl (C=O) groups excluding carboxylic acids is 1. The lowest BCUT2D eigenvalue weighted by Gasteiger charge is -2.32. The Balaban J connectivity index is 1.59. The molecule has 0 aliphatic carbocycles. The normalized spacial score (nSPS) is 17.8. The Morgan fingerprint density at radius 3 is 2.81 bits per heavy atom. The second-order valence-corrected chi connectivity index (χ2v) is 7.58. The first-order chi connectivity index (χ1) is 12.4. The number of likely N-dealkylation sites (tertiary alicyclic amines) is 1. The molecule has 1 saturated heterocycles. The molecule has 1 aliphatic rings. The minimum absolute atomic E-state index is 0.126. The SMILES string of the molecule is Cc1cn(C)c(C2CCCN(C(=O)c3ccc4[nH]c(C)c(C)c4c3)C2)n1. The number of amides is 1. The van der Waals surface area contributed by atoms with Crippen molar-refractivity contribution in [2.45, 2.75) is 39.5 Å². The summed E-state index contributed by atoms with van der Waals surface area (Å²) >= 11 is 0. The molecule has 2 aromatic heterocycles. The van der Waals surface area contributed by atoms with Gasteiger partial charge in [-0.1, -0.05) is 0 Å². The summed E-state index contributed by atoms with van der Waals surface area (Å²) in [6.07, 6.45) is 4.16. The monoisotopic (exact) mass is 350 g/mol. The smallest absolute Gasteiger partial charge is 0.253 e. The number of aromatic amines is 1. The second-order valence-electron chi connectivity index (χ2n) is 7.58. The number of aromatic nitrogens is 3. The molecule has 136 valence electrons. The highest BCUT2D eigenvalue weighted by Gasteiger charge is 2.28. The van der Waals surface area contributed by atoms with Crippen LogP contribution in [0.2, 0.25) is 0 Å². The van der Waals surface area contributed by atoms with Gasteiger partial charge in [0.2, 0.25) is 0 Å². The molecule has 1 aromatic carbocycles. The van der Waals surface area contributed by atoms with E-state index in [9.17, 15) is 4.79 Å². The van der Waals surface area contributed by atoms with Gasteiger partial charge in [-0.3, -0.25) is 4.79 Å². The van der Waals surface area contributed by atoms with Crippen LogP contribution in [0.1, 0.15) is 51.9 Å². The number of imidazole rings is 1. The lowest BCUT2D eigenvalue weighted by atomic mass is 9.96. The van der Waals surface area contributed by atoms with E-state index in [4.69, 9.17) is 0 Å². The van der Waals surface area contributed by atoms with Gasteiger partial charge in [0, 0.05) is 54.4 Å². The second kappa shape index (κ2) is 6.31. The maximum absolute atomic E-state index is 13.1. The van der Waals surface area contributed by atoms with Gasteiger partial charge in [0.1, 0.15) is 5.82 Å². The summed E-state index contributed by atoms with van der Waals surface area (Å²) in [6.45, 7) is 7.75. The molecule has 1 fully saturated rings. The van der Waals surface area contributed by atoms with Crippen molar-refractivity contribution in [3.8, 4) is 0 Å². The Kier molecular flexibility index (Phi) is 4.10. The number of nitrogens with one attached hydrogen (secondary N) is 1. The van der Waals surface area contributed by atoms with E-state index >= 15 is 0 Å². The molecule has 3 aromatic rings. The zero-order valence-corrected chi connectivity index (χ0v) is 16.0. The fourth-order valence-electron chi connectivity index (χ4n) is 4.16. The van der Waals surface area contributed by atoms with E-state index in [0.29, 0.717) is 5.92 Å². The van der Waals surface area contributed by atoms with Crippen molar-refractivity contribution in [3.05, 3.63) is 52.7 Å². The van der Waals surface area contributed by atoms with Gasteiger partial charge in [0.25, 0.3) is 5.91 Å². The van der Waals surface area contributed by atoms with Gasteiger partial charge >= 0.3 is 0 Å². The van der Waals surface area contributed by atoms with Crippen molar-refractivity contribution in [2.24, 2.45) is 7.05 Å². The van der Waals surface area contributed by atoms with Crippen LogP contribution in [0.4, 0.5) is 0 Å². The molecule has 5 nitrogen and oxygen atoms in total. The van der Waals surface area contributed by atoms with E-state index in [-0.39, 0.29) is 5.91 Å². The fourth-order valence-corrected chi connectivity index (χ4v) is 4.16. The average molecular weight is 350 g/mol. The van der Waals surface area contributed by atoms with E-state index < -0.39 is 0 Å². The minimum atomic E-state index is 0.126. The number of hydrogen-bond donors (Lipinski definition) is 1. The number of aryl methyl sites for hydroxylation is 4. The topological polar surface area (TPSA) is 53.9 Å². The molecule has 1 unspecified atom stereocenters. The Bertz CT molecular complexity index is 981. The number of piperidine rings is 1. The number of fused-ring (bicyclic) bond motifs is 1. The van der Waals surface area contributed by atoms with E-state index in [2.05, 4.69) is 34.6 Å². The Labute approximate surface area is 154 Å². The van der Waals surface area contributed by atoms with Crippen molar-refractivity contribution in [1.82, 2.24) is 19.4 Å². The molecule has 0 spiro atoms. The molecular weight excluding hydrogens is 324 g/mol. The first kappa shape index (κ1) is 16.9. The third kappa shape index (κ3) is 2.81. The summed E-state index contributed by atoms with van der Waals surface area (Å²) in [5.74, 6) is 1.53. The van der Waals surface area contributed by atoms with Crippen LogP contribution in [0, 0.1) is 20.8 Å². The largest absolute Gasteiger partial charge is 0.358 e. The number of hydrogen-bond acceptors (Lipinski definition) is 2. The van der Waals surface area contributed by atoms with Gasteiger partial charge in [0.15, 0.2) is 0 Å². The third-order valence-corrected chi connectivity index (χ3v) is 5.66. The molecule has 0 saturated carbocycles. The summed E-state index contributed by atoms with van der Waals surface area (Å²) < 4.78 is 2.10. The van der Waals surface area contributed by atoms with Crippen LogP contribution in [0.25, 0.3) is 10.9 Å². The highest BCUT2D eigenvalue weighted by atomic mass is 16.2. The van der Waals surface area contributed by atoms with Gasteiger partial charge in [-0.25, -0.2) is 4.98 Å². The highest BCUT2D eigenvalue weighted by molar-refractivity contribution is 5.99. The lowest BCUT2D eigenvalue weighted by molar-refractivity contribution is 0.0703. The van der Waals surface area contributed by atoms with E-state index in [1.54, 1.807) is 0 Å². The Morgan fingerprint density at radius 1 is 1.27 bits per heavy atom. The molecule has 1 amide bonds. The van der Waals surface area contributed by atoms with Crippen LogP contribution in [0.15, 0.2) is 24.4 Å². The maximum Gasteiger partial charge on any atom is 0.253 e. The minimum Gasteiger partial charge on any atom is -0.358 e. The highest BCUT2D eigenvalue weighted by Crippen LogP contribution is 2.28. The number of carbonyl (C=O) groups is 1. The first-order valence-corrected chi connectivity index (χ1v) is 9.32. The molecule has 1 aliphatic heterocycles. The van der Waals surface area contributed by atoms with Gasteiger partial charge < -0.3 is 14.5 Å².